The average Bonchev–Trinajstić information content (AvgIpc) is 3.02. The first-order chi connectivity index (χ1) is 13.1. The van der Waals surface area contributed by atoms with Gasteiger partial charge in [0.25, 0.3) is 5.91 Å². The predicted octanol–water partition coefficient (Wildman–Crippen LogP) is 2.10. The number of nitrogens with zero attached hydrogens (tertiary/aromatic N) is 4. The van der Waals surface area contributed by atoms with Crippen LogP contribution < -0.4 is 5.32 Å². The Kier molecular flexibility index (Phi) is 6.21. The third-order valence-corrected chi connectivity index (χ3v) is 4.90. The Balaban J connectivity index is 1.54. The topological polar surface area (TPSA) is 80.1 Å². The number of amides is 2. The highest BCUT2D eigenvalue weighted by Crippen LogP contribution is 2.20. The molecule has 2 heterocycles. The minimum absolute atomic E-state index is 0.0644. The molecule has 1 aliphatic rings. The third-order valence-electron chi connectivity index (χ3n) is 4.90. The largest absolute Gasteiger partial charge is 0.354 e. The highest BCUT2D eigenvalue weighted by molar-refractivity contribution is 5.97. The summed E-state index contributed by atoms with van der Waals surface area (Å²) in [5, 5.41) is 7.32. The number of hydrogen-bond donors (Lipinski definition) is 1. The zero-order valence-corrected chi connectivity index (χ0v) is 16.0. The molecule has 2 amide bonds. The molecule has 1 atom stereocenters. The molecule has 1 N–H and O–H groups in total. The predicted molar refractivity (Wildman–Crippen MR) is 102 cm³/mol. The highest BCUT2D eigenvalue weighted by atomic mass is 16.2. The van der Waals surface area contributed by atoms with Crippen molar-refractivity contribution in [2.45, 2.75) is 52.1 Å². The monoisotopic (exact) mass is 369 g/mol. The van der Waals surface area contributed by atoms with E-state index in [2.05, 4.69) is 15.4 Å². The number of benzene rings is 1. The summed E-state index contributed by atoms with van der Waals surface area (Å²) in [6.45, 7) is 5.69. The normalized spacial score (nSPS) is 17.0. The van der Waals surface area contributed by atoms with Crippen molar-refractivity contribution >= 4 is 11.8 Å². The van der Waals surface area contributed by atoms with Gasteiger partial charge in [-0.25, -0.2) is 4.98 Å². The van der Waals surface area contributed by atoms with Gasteiger partial charge in [0.1, 0.15) is 17.7 Å². The van der Waals surface area contributed by atoms with E-state index in [1.807, 2.05) is 36.7 Å². The van der Waals surface area contributed by atoms with Crippen LogP contribution in [-0.4, -0.2) is 50.6 Å². The zero-order chi connectivity index (χ0) is 19.2. The van der Waals surface area contributed by atoms with Crippen molar-refractivity contribution < 1.29 is 9.59 Å². The second-order valence-electron chi connectivity index (χ2n) is 6.95. The molecule has 1 aromatic heterocycles. The number of likely N-dealkylation sites (tertiary alicyclic amines) is 1. The van der Waals surface area contributed by atoms with Crippen molar-refractivity contribution in [3.05, 3.63) is 47.5 Å². The molecular weight excluding hydrogens is 342 g/mol. The lowest BCUT2D eigenvalue weighted by Crippen LogP contribution is -2.52. The standard InChI is InChI=1S/C20H27N5O2/c1-15-22-16(2)25(23-15)14-8-12-21-19(26)18-11-6-7-13-24(18)20(27)17-9-4-3-5-10-17/h3-5,9-10,18H,6-8,11-14H2,1-2H3,(H,21,26)/t18-/m0/s1. The van der Waals surface area contributed by atoms with Crippen LogP contribution in [0.5, 0.6) is 0 Å². The first-order valence-corrected chi connectivity index (χ1v) is 9.58. The van der Waals surface area contributed by atoms with Gasteiger partial charge in [0, 0.05) is 25.2 Å². The highest BCUT2D eigenvalue weighted by Gasteiger charge is 2.32. The van der Waals surface area contributed by atoms with E-state index in [0.29, 0.717) is 31.6 Å². The number of carbonyl (C=O) groups is 2. The Morgan fingerprint density at radius 3 is 2.67 bits per heavy atom. The maximum atomic E-state index is 12.8. The van der Waals surface area contributed by atoms with Crippen LogP contribution in [0.25, 0.3) is 0 Å². The Morgan fingerprint density at radius 2 is 1.96 bits per heavy atom. The number of nitrogens with one attached hydrogen (secondary N) is 1. The van der Waals surface area contributed by atoms with E-state index in [1.54, 1.807) is 17.0 Å². The molecule has 7 nitrogen and oxygen atoms in total. The molecule has 1 aromatic carbocycles. The van der Waals surface area contributed by atoms with Crippen LogP contribution in [0.2, 0.25) is 0 Å². The van der Waals surface area contributed by atoms with Crippen molar-refractivity contribution in [1.29, 1.82) is 0 Å². The van der Waals surface area contributed by atoms with Gasteiger partial charge >= 0.3 is 0 Å². The van der Waals surface area contributed by atoms with Crippen LogP contribution in [0.3, 0.4) is 0 Å². The fourth-order valence-electron chi connectivity index (χ4n) is 3.53. The number of piperidine rings is 1. The van der Waals surface area contributed by atoms with Crippen molar-refractivity contribution in [2.75, 3.05) is 13.1 Å². The molecule has 0 spiro atoms. The van der Waals surface area contributed by atoms with E-state index in [9.17, 15) is 9.59 Å². The molecule has 3 rings (SSSR count). The Labute approximate surface area is 159 Å². The summed E-state index contributed by atoms with van der Waals surface area (Å²) in [6.07, 6.45) is 3.39. The lowest BCUT2D eigenvalue weighted by atomic mass is 10.00. The minimum Gasteiger partial charge on any atom is -0.354 e. The van der Waals surface area contributed by atoms with Gasteiger partial charge in [-0.2, -0.15) is 5.10 Å². The van der Waals surface area contributed by atoms with Crippen molar-refractivity contribution in [1.82, 2.24) is 25.0 Å². The van der Waals surface area contributed by atoms with Crippen LogP contribution in [-0.2, 0) is 11.3 Å². The number of hydrogen-bond acceptors (Lipinski definition) is 4. The fraction of sp³-hybridized carbons (Fsp3) is 0.500. The smallest absolute Gasteiger partial charge is 0.254 e. The van der Waals surface area contributed by atoms with Crippen LogP contribution in [0.15, 0.2) is 30.3 Å². The molecule has 144 valence electrons. The summed E-state index contributed by atoms with van der Waals surface area (Å²) in [6, 6.07) is 8.79. The Hall–Kier alpha value is -2.70. The average molecular weight is 369 g/mol. The van der Waals surface area contributed by atoms with Crippen molar-refractivity contribution in [3.8, 4) is 0 Å². The SMILES string of the molecule is Cc1nc(C)n(CCCNC(=O)[C@@H]2CCCCN2C(=O)c2ccccc2)n1. The number of aromatic nitrogens is 3. The van der Waals surface area contributed by atoms with Gasteiger partial charge in [0.05, 0.1) is 0 Å². The molecule has 1 aliphatic heterocycles. The fourth-order valence-corrected chi connectivity index (χ4v) is 3.53. The van der Waals surface area contributed by atoms with E-state index >= 15 is 0 Å². The van der Waals surface area contributed by atoms with Crippen molar-refractivity contribution in [3.63, 3.8) is 0 Å². The summed E-state index contributed by atoms with van der Waals surface area (Å²) in [4.78, 5) is 31.5. The van der Waals surface area contributed by atoms with Gasteiger partial charge in [-0.15, -0.1) is 0 Å². The van der Waals surface area contributed by atoms with Gasteiger partial charge in [0.2, 0.25) is 5.91 Å². The molecule has 27 heavy (non-hydrogen) atoms. The summed E-state index contributed by atoms with van der Waals surface area (Å²) in [7, 11) is 0. The second-order valence-corrected chi connectivity index (χ2v) is 6.95. The van der Waals surface area contributed by atoms with Gasteiger partial charge in [0.15, 0.2) is 0 Å². The molecule has 1 fully saturated rings. The molecule has 0 unspecified atom stereocenters. The third kappa shape index (κ3) is 4.72. The van der Waals surface area contributed by atoms with E-state index in [1.165, 1.54) is 0 Å². The second kappa shape index (κ2) is 8.79. The molecule has 0 bridgehead atoms. The molecule has 2 aromatic rings. The van der Waals surface area contributed by atoms with E-state index in [0.717, 1.165) is 30.9 Å². The maximum Gasteiger partial charge on any atom is 0.254 e. The molecule has 0 saturated carbocycles. The van der Waals surface area contributed by atoms with Crippen LogP contribution in [0, 0.1) is 13.8 Å². The first-order valence-electron chi connectivity index (χ1n) is 9.58. The summed E-state index contributed by atoms with van der Waals surface area (Å²) < 4.78 is 1.85. The Morgan fingerprint density at radius 1 is 1.19 bits per heavy atom. The summed E-state index contributed by atoms with van der Waals surface area (Å²) in [5.74, 6) is 1.51. The van der Waals surface area contributed by atoms with Gasteiger partial charge in [-0.05, 0) is 51.7 Å². The number of rotatable bonds is 6. The summed E-state index contributed by atoms with van der Waals surface area (Å²) >= 11 is 0. The summed E-state index contributed by atoms with van der Waals surface area (Å²) in [5.41, 5.74) is 0.634. The molecule has 0 radical (unpaired) electrons. The molecule has 0 aliphatic carbocycles. The first kappa shape index (κ1) is 19.1. The molecular formula is C20H27N5O2. The molecule has 7 heteroatoms. The Bertz CT molecular complexity index is 787. The maximum absolute atomic E-state index is 12.8. The van der Waals surface area contributed by atoms with Gasteiger partial charge in [-0.1, -0.05) is 18.2 Å². The quantitative estimate of drug-likeness (QED) is 0.791. The van der Waals surface area contributed by atoms with E-state index in [4.69, 9.17) is 0 Å². The lowest BCUT2D eigenvalue weighted by molar-refractivity contribution is -0.126. The van der Waals surface area contributed by atoms with Gasteiger partial charge in [-0.3, -0.25) is 14.3 Å². The van der Waals surface area contributed by atoms with E-state index in [-0.39, 0.29) is 17.9 Å². The van der Waals surface area contributed by atoms with Crippen LogP contribution in [0.4, 0.5) is 0 Å². The molecule has 1 saturated heterocycles. The van der Waals surface area contributed by atoms with Crippen molar-refractivity contribution in [2.24, 2.45) is 0 Å². The number of aryl methyl sites for hydroxylation is 3. The minimum atomic E-state index is -0.387. The number of carbonyl (C=O) groups excluding carboxylic acids is 2. The zero-order valence-electron chi connectivity index (χ0n) is 16.0. The lowest BCUT2D eigenvalue weighted by Gasteiger charge is -2.34. The van der Waals surface area contributed by atoms with E-state index < -0.39 is 0 Å². The van der Waals surface area contributed by atoms with Crippen LogP contribution in [0.1, 0.15) is 47.7 Å². The van der Waals surface area contributed by atoms with Gasteiger partial charge < -0.3 is 10.2 Å². The van der Waals surface area contributed by atoms with Crippen LogP contribution >= 0.6 is 0 Å².